The van der Waals surface area contributed by atoms with Crippen LogP contribution in [0.5, 0.6) is 0 Å². The van der Waals surface area contributed by atoms with Gasteiger partial charge in [-0.2, -0.15) is 0 Å². The Hall–Kier alpha value is -2.16. The Morgan fingerprint density at radius 1 is 0.700 bits per heavy atom. The largest absolute Gasteiger partial charge is 0.481 e. The van der Waals surface area contributed by atoms with E-state index in [1.54, 1.807) is 0 Å². The van der Waals surface area contributed by atoms with Gasteiger partial charge >= 0.3 is 23.9 Å². The zero-order valence-electron chi connectivity index (χ0n) is 26.0. The molecule has 0 radical (unpaired) electrons. The number of piperidine rings is 1. The second-order valence-electron chi connectivity index (χ2n) is 12.6. The topological polar surface area (TPSA) is 141 Å². The first kappa shape index (κ1) is 37.8. The van der Waals surface area contributed by atoms with E-state index in [9.17, 15) is 24.3 Å². The zero-order chi connectivity index (χ0) is 30.8. The van der Waals surface area contributed by atoms with Crippen molar-refractivity contribution in [2.75, 3.05) is 14.2 Å². The Labute approximate surface area is 242 Å². The molecular weight excluding hydrogens is 514 g/mol. The summed E-state index contributed by atoms with van der Waals surface area (Å²) in [6.07, 6.45) is 13.6. The molecule has 0 aliphatic carbocycles. The molecule has 9 nitrogen and oxygen atoms in total. The SMILES string of the molecule is COC(=O)CCCCCCC(CC(=O)O)C1CC(C)(C)N(C)C(C)(C)C1.O=C(O)CCCCCCCCC(=O)O. The minimum absolute atomic E-state index is 0.0870. The maximum atomic E-state index is 11.4. The quantitative estimate of drug-likeness (QED) is 0.113. The van der Waals surface area contributed by atoms with Crippen LogP contribution in [0, 0.1) is 11.8 Å². The van der Waals surface area contributed by atoms with Crippen molar-refractivity contribution >= 4 is 23.9 Å². The van der Waals surface area contributed by atoms with Gasteiger partial charge in [-0.15, -0.1) is 0 Å². The van der Waals surface area contributed by atoms with Crippen LogP contribution in [0.4, 0.5) is 0 Å². The molecule has 9 heteroatoms. The predicted molar refractivity (Wildman–Crippen MR) is 156 cm³/mol. The van der Waals surface area contributed by atoms with Crippen molar-refractivity contribution in [3.8, 4) is 0 Å². The molecule has 0 aromatic heterocycles. The molecule has 1 atom stereocenters. The smallest absolute Gasteiger partial charge is 0.305 e. The number of rotatable bonds is 19. The summed E-state index contributed by atoms with van der Waals surface area (Å²) in [4.78, 5) is 45.3. The highest BCUT2D eigenvalue weighted by Crippen LogP contribution is 2.44. The van der Waals surface area contributed by atoms with Crippen LogP contribution in [-0.4, -0.2) is 69.3 Å². The summed E-state index contributed by atoms with van der Waals surface area (Å²) < 4.78 is 4.66. The van der Waals surface area contributed by atoms with E-state index >= 15 is 0 Å². The second-order valence-corrected chi connectivity index (χ2v) is 12.6. The van der Waals surface area contributed by atoms with Gasteiger partial charge in [0, 0.05) is 36.8 Å². The summed E-state index contributed by atoms with van der Waals surface area (Å²) in [5.74, 6) is -1.63. The fourth-order valence-electron chi connectivity index (χ4n) is 5.90. The molecule has 1 rings (SSSR count). The zero-order valence-corrected chi connectivity index (χ0v) is 26.0. The van der Waals surface area contributed by atoms with Crippen molar-refractivity contribution in [1.29, 1.82) is 0 Å². The van der Waals surface area contributed by atoms with Crippen LogP contribution in [0.2, 0.25) is 0 Å². The Morgan fingerprint density at radius 3 is 1.50 bits per heavy atom. The minimum atomic E-state index is -0.740. The normalized spacial score (nSPS) is 17.4. The molecule has 1 aliphatic rings. The molecule has 0 spiro atoms. The Bertz CT molecular complexity index is 726. The van der Waals surface area contributed by atoms with E-state index < -0.39 is 17.9 Å². The Morgan fingerprint density at radius 2 is 1.10 bits per heavy atom. The van der Waals surface area contributed by atoms with E-state index in [-0.39, 0.29) is 42.2 Å². The third-order valence-corrected chi connectivity index (χ3v) is 8.41. The van der Waals surface area contributed by atoms with Crippen LogP contribution < -0.4 is 0 Å². The van der Waals surface area contributed by atoms with Gasteiger partial charge in [-0.3, -0.25) is 24.1 Å². The Kier molecular flexibility index (Phi) is 18.8. The number of likely N-dealkylation sites (tertiary alicyclic amines) is 1. The molecule has 1 aliphatic heterocycles. The van der Waals surface area contributed by atoms with Gasteiger partial charge in [0.1, 0.15) is 0 Å². The molecule has 40 heavy (non-hydrogen) atoms. The summed E-state index contributed by atoms with van der Waals surface area (Å²) in [5, 5.41) is 26.1. The fourth-order valence-corrected chi connectivity index (χ4v) is 5.90. The van der Waals surface area contributed by atoms with Crippen LogP contribution in [0.3, 0.4) is 0 Å². The predicted octanol–water partition coefficient (Wildman–Crippen LogP) is 6.77. The average Bonchev–Trinajstić information content (AvgIpc) is 2.84. The number of nitrogens with zero attached hydrogens (tertiary/aromatic N) is 1. The molecule has 0 saturated carbocycles. The molecule has 1 saturated heterocycles. The number of carboxylic acids is 3. The average molecular weight is 572 g/mol. The number of esters is 1. The fraction of sp³-hybridized carbons (Fsp3) is 0.871. The van der Waals surface area contributed by atoms with Gasteiger partial charge < -0.3 is 20.1 Å². The third-order valence-electron chi connectivity index (χ3n) is 8.41. The van der Waals surface area contributed by atoms with Gasteiger partial charge in [0.25, 0.3) is 0 Å². The number of hydrogen-bond acceptors (Lipinski definition) is 6. The first-order valence-corrected chi connectivity index (χ1v) is 15.1. The van der Waals surface area contributed by atoms with Crippen molar-refractivity contribution in [3.63, 3.8) is 0 Å². The molecule has 0 aromatic carbocycles. The molecule has 1 fully saturated rings. The van der Waals surface area contributed by atoms with Gasteiger partial charge in [0.2, 0.25) is 0 Å². The lowest BCUT2D eigenvalue weighted by Crippen LogP contribution is -2.59. The number of carbonyl (C=O) groups excluding carboxylic acids is 1. The lowest BCUT2D eigenvalue weighted by Gasteiger charge is -2.55. The Balaban J connectivity index is 0.000000919. The number of methoxy groups -OCH3 is 1. The number of hydrogen-bond donors (Lipinski definition) is 3. The van der Waals surface area contributed by atoms with Gasteiger partial charge in [-0.1, -0.05) is 44.9 Å². The summed E-state index contributed by atoms with van der Waals surface area (Å²) >= 11 is 0. The molecule has 0 aromatic rings. The molecule has 3 N–H and O–H groups in total. The van der Waals surface area contributed by atoms with Crippen LogP contribution >= 0.6 is 0 Å². The van der Waals surface area contributed by atoms with Crippen LogP contribution in [-0.2, 0) is 23.9 Å². The first-order valence-electron chi connectivity index (χ1n) is 15.1. The summed E-state index contributed by atoms with van der Waals surface area (Å²) in [7, 11) is 3.60. The highest BCUT2D eigenvalue weighted by Gasteiger charge is 2.45. The monoisotopic (exact) mass is 571 g/mol. The van der Waals surface area contributed by atoms with Gasteiger partial charge in [-0.05, 0) is 85.1 Å². The van der Waals surface area contributed by atoms with Crippen molar-refractivity contribution in [2.24, 2.45) is 11.8 Å². The van der Waals surface area contributed by atoms with Crippen molar-refractivity contribution < 1.29 is 39.2 Å². The van der Waals surface area contributed by atoms with E-state index in [0.29, 0.717) is 12.3 Å². The molecule has 234 valence electrons. The molecule has 1 unspecified atom stereocenters. The van der Waals surface area contributed by atoms with E-state index in [0.717, 1.165) is 83.5 Å². The van der Waals surface area contributed by atoms with Crippen LogP contribution in [0.15, 0.2) is 0 Å². The van der Waals surface area contributed by atoms with Crippen molar-refractivity contribution in [3.05, 3.63) is 0 Å². The summed E-state index contributed by atoms with van der Waals surface area (Å²) in [6.45, 7) is 9.08. The molecular formula is C31H57NO8. The maximum Gasteiger partial charge on any atom is 0.305 e. The second kappa shape index (κ2) is 19.8. The maximum absolute atomic E-state index is 11.4. The van der Waals surface area contributed by atoms with Gasteiger partial charge in [-0.25, -0.2) is 0 Å². The number of carboxylic acid groups (broad SMARTS) is 3. The van der Waals surface area contributed by atoms with Gasteiger partial charge in [0.05, 0.1) is 7.11 Å². The standard InChI is InChI=1S/C21H39NO4.C10H18O4/c1-20(2)14-17(15-21(3,4)22(20)5)16(13-18(23)24)11-9-7-8-10-12-19(25)26-6;11-9(12)7-5-3-1-2-4-6-8-10(13)14/h16-17H,7-15H2,1-6H3,(H,23,24);1-8H2,(H,11,12)(H,13,14). The van der Waals surface area contributed by atoms with E-state index in [1.165, 1.54) is 7.11 Å². The summed E-state index contributed by atoms with van der Waals surface area (Å²) in [6, 6.07) is 0. The van der Waals surface area contributed by atoms with E-state index in [4.69, 9.17) is 10.2 Å². The third kappa shape index (κ3) is 17.5. The van der Waals surface area contributed by atoms with Gasteiger partial charge in [0.15, 0.2) is 0 Å². The van der Waals surface area contributed by atoms with Crippen LogP contribution in [0.1, 0.15) is 137 Å². The molecule has 0 bridgehead atoms. The van der Waals surface area contributed by atoms with E-state index in [1.807, 2.05) is 0 Å². The first-order chi connectivity index (χ1) is 18.6. The highest BCUT2D eigenvalue weighted by molar-refractivity contribution is 5.69. The van der Waals surface area contributed by atoms with Crippen LogP contribution in [0.25, 0.3) is 0 Å². The van der Waals surface area contributed by atoms with Crippen molar-refractivity contribution in [1.82, 2.24) is 4.90 Å². The lowest BCUT2D eigenvalue weighted by atomic mass is 9.67. The minimum Gasteiger partial charge on any atom is -0.481 e. The number of carbonyl (C=O) groups is 4. The summed E-state index contributed by atoms with van der Waals surface area (Å²) in [5.41, 5.74) is 0.174. The number of unbranched alkanes of at least 4 members (excludes halogenated alkanes) is 8. The lowest BCUT2D eigenvalue weighted by molar-refractivity contribution is -0.141. The highest BCUT2D eigenvalue weighted by atomic mass is 16.5. The van der Waals surface area contributed by atoms with E-state index in [2.05, 4.69) is 44.4 Å². The molecule has 0 amide bonds. The molecule has 1 heterocycles. The van der Waals surface area contributed by atoms with Crippen molar-refractivity contribution in [2.45, 2.75) is 148 Å². The number of aliphatic carboxylic acids is 3. The number of ether oxygens (including phenoxy) is 1.